The van der Waals surface area contributed by atoms with Crippen molar-refractivity contribution in [1.82, 2.24) is 9.55 Å². The highest BCUT2D eigenvalue weighted by Crippen LogP contribution is 2.16. The van der Waals surface area contributed by atoms with Crippen LogP contribution in [-0.2, 0) is 11.3 Å². The number of nitrogens with one attached hydrogen (secondary N) is 1. The maximum absolute atomic E-state index is 12.2. The molecule has 1 aromatic heterocycles. The maximum atomic E-state index is 12.2. The Hall–Kier alpha value is -2.08. The molecule has 1 aromatic carbocycles. The normalized spacial score (nSPS) is 10.5. The average Bonchev–Trinajstić information content (AvgIpc) is 2.44. The summed E-state index contributed by atoms with van der Waals surface area (Å²) in [6.45, 7) is 5.66. The highest BCUT2D eigenvalue weighted by Gasteiger charge is 2.11. The summed E-state index contributed by atoms with van der Waals surface area (Å²) < 4.78 is 1.39. The van der Waals surface area contributed by atoms with E-state index >= 15 is 0 Å². The summed E-state index contributed by atoms with van der Waals surface area (Å²) >= 11 is 1.35. The molecule has 0 fully saturated rings. The molecule has 0 atom stereocenters. The van der Waals surface area contributed by atoms with Gasteiger partial charge in [0.1, 0.15) is 6.54 Å². The van der Waals surface area contributed by atoms with Crippen molar-refractivity contribution in [2.75, 3.05) is 11.6 Å². The Morgan fingerprint density at radius 1 is 1.27 bits per heavy atom. The van der Waals surface area contributed by atoms with Gasteiger partial charge in [-0.15, -0.1) is 0 Å². The minimum Gasteiger partial charge on any atom is -0.324 e. The number of amides is 1. The molecule has 0 aliphatic carbocycles. The van der Waals surface area contributed by atoms with Gasteiger partial charge in [0.25, 0.3) is 5.56 Å². The maximum Gasteiger partial charge on any atom is 0.254 e. The van der Waals surface area contributed by atoms with Crippen LogP contribution in [-0.4, -0.2) is 21.7 Å². The molecule has 0 saturated heterocycles. The molecule has 0 unspecified atom stereocenters. The quantitative estimate of drug-likeness (QED) is 0.695. The number of nitrogens with zero attached hydrogens (tertiary/aromatic N) is 2. The van der Waals surface area contributed by atoms with Gasteiger partial charge in [-0.3, -0.25) is 14.2 Å². The Morgan fingerprint density at radius 2 is 2.00 bits per heavy atom. The lowest BCUT2D eigenvalue weighted by molar-refractivity contribution is -0.116. The number of anilines is 1. The number of carbonyl (C=O) groups is 1. The van der Waals surface area contributed by atoms with Crippen LogP contribution in [0.3, 0.4) is 0 Å². The second-order valence-corrected chi connectivity index (χ2v) is 5.95. The summed E-state index contributed by atoms with van der Waals surface area (Å²) in [5, 5.41) is 3.39. The van der Waals surface area contributed by atoms with Crippen LogP contribution >= 0.6 is 11.8 Å². The number of hydrogen-bond acceptors (Lipinski definition) is 4. The van der Waals surface area contributed by atoms with Crippen LogP contribution in [0.5, 0.6) is 0 Å². The Morgan fingerprint density at radius 3 is 2.64 bits per heavy atom. The van der Waals surface area contributed by atoms with Crippen LogP contribution in [0.4, 0.5) is 5.69 Å². The number of benzene rings is 1. The Bertz CT molecular complexity index is 768. The van der Waals surface area contributed by atoms with E-state index in [1.807, 2.05) is 38.3 Å². The molecular weight excluding hydrogens is 298 g/mol. The largest absolute Gasteiger partial charge is 0.324 e. The smallest absolute Gasteiger partial charge is 0.254 e. The van der Waals surface area contributed by atoms with E-state index in [4.69, 9.17) is 0 Å². The third-order valence-corrected chi connectivity index (χ3v) is 3.92. The highest BCUT2D eigenvalue weighted by atomic mass is 32.2. The first-order chi connectivity index (χ1) is 10.4. The van der Waals surface area contributed by atoms with Gasteiger partial charge < -0.3 is 5.32 Å². The molecule has 1 heterocycles. The number of hydrogen-bond donors (Lipinski definition) is 1. The molecule has 22 heavy (non-hydrogen) atoms. The second kappa shape index (κ2) is 6.79. The van der Waals surface area contributed by atoms with Crippen LogP contribution in [0, 0.1) is 20.8 Å². The van der Waals surface area contributed by atoms with Gasteiger partial charge in [0.2, 0.25) is 5.91 Å². The fourth-order valence-corrected chi connectivity index (χ4v) is 2.79. The van der Waals surface area contributed by atoms with E-state index in [-0.39, 0.29) is 18.0 Å². The molecular formula is C16H19N3O2S. The third-order valence-electron chi connectivity index (χ3n) is 3.24. The van der Waals surface area contributed by atoms with Gasteiger partial charge in [-0.2, -0.15) is 0 Å². The van der Waals surface area contributed by atoms with E-state index < -0.39 is 0 Å². The summed E-state index contributed by atoms with van der Waals surface area (Å²) in [7, 11) is 0. The van der Waals surface area contributed by atoms with E-state index in [9.17, 15) is 9.59 Å². The SMILES string of the molecule is CSc1nc(C)cc(=O)n1CC(=O)Nc1ccc(C)cc1C. The van der Waals surface area contributed by atoms with Crippen molar-refractivity contribution in [3.05, 3.63) is 51.4 Å². The number of carbonyl (C=O) groups excluding carboxylic acids is 1. The summed E-state index contributed by atoms with van der Waals surface area (Å²) in [6, 6.07) is 7.25. The number of aromatic nitrogens is 2. The summed E-state index contributed by atoms with van der Waals surface area (Å²) in [6.07, 6.45) is 1.83. The van der Waals surface area contributed by atoms with Crippen molar-refractivity contribution in [3.8, 4) is 0 Å². The van der Waals surface area contributed by atoms with E-state index in [0.717, 1.165) is 16.8 Å². The molecule has 1 N–H and O–H groups in total. The topological polar surface area (TPSA) is 64.0 Å². The summed E-state index contributed by atoms with van der Waals surface area (Å²) in [4.78, 5) is 28.6. The molecule has 0 bridgehead atoms. The molecule has 116 valence electrons. The molecule has 2 aromatic rings. The van der Waals surface area contributed by atoms with Crippen molar-refractivity contribution in [3.63, 3.8) is 0 Å². The van der Waals surface area contributed by atoms with Gasteiger partial charge in [0, 0.05) is 17.4 Å². The lowest BCUT2D eigenvalue weighted by Gasteiger charge is -2.12. The van der Waals surface area contributed by atoms with Crippen molar-refractivity contribution in [1.29, 1.82) is 0 Å². The van der Waals surface area contributed by atoms with Gasteiger partial charge in [-0.05, 0) is 38.7 Å². The number of aryl methyl sites for hydroxylation is 3. The Labute approximate surface area is 133 Å². The minimum absolute atomic E-state index is 0.0460. The molecule has 5 nitrogen and oxygen atoms in total. The standard InChI is InChI=1S/C16H19N3O2S/c1-10-5-6-13(11(2)7-10)18-14(20)9-19-15(21)8-12(3)17-16(19)22-4/h5-8H,9H2,1-4H3,(H,18,20). The van der Waals surface area contributed by atoms with Gasteiger partial charge in [-0.1, -0.05) is 29.5 Å². The van der Waals surface area contributed by atoms with E-state index in [0.29, 0.717) is 10.9 Å². The molecule has 0 radical (unpaired) electrons. The first-order valence-electron chi connectivity index (χ1n) is 6.90. The predicted molar refractivity (Wildman–Crippen MR) is 89.6 cm³/mol. The fraction of sp³-hybridized carbons (Fsp3) is 0.312. The van der Waals surface area contributed by atoms with E-state index in [1.165, 1.54) is 22.4 Å². The zero-order chi connectivity index (χ0) is 16.3. The molecule has 1 amide bonds. The van der Waals surface area contributed by atoms with E-state index in [2.05, 4.69) is 10.3 Å². The Kier molecular flexibility index (Phi) is 5.03. The Balaban J connectivity index is 2.21. The molecule has 0 aliphatic rings. The van der Waals surface area contributed by atoms with Gasteiger partial charge in [0.15, 0.2) is 5.16 Å². The van der Waals surface area contributed by atoms with Gasteiger partial charge in [-0.25, -0.2) is 4.98 Å². The van der Waals surface area contributed by atoms with Crippen molar-refractivity contribution in [2.24, 2.45) is 0 Å². The third kappa shape index (κ3) is 3.76. The highest BCUT2D eigenvalue weighted by molar-refractivity contribution is 7.98. The zero-order valence-electron chi connectivity index (χ0n) is 13.1. The van der Waals surface area contributed by atoms with Gasteiger partial charge >= 0.3 is 0 Å². The summed E-state index contributed by atoms with van der Waals surface area (Å²) in [5.74, 6) is -0.241. The molecule has 6 heteroatoms. The number of rotatable bonds is 4. The average molecular weight is 317 g/mol. The summed E-state index contributed by atoms with van der Waals surface area (Å²) in [5.41, 5.74) is 3.33. The first-order valence-corrected chi connectivity index (χ1v) is 8.12. The monoisotopic (exact) mass is 317 g/mol. The van der Waals surface area contributed by atoms with Crippen LogP contribution in [0.2, 0.25) is 0 Å². The molecule has 2 rings (SSSR count). The lowest BCUT2D eigenvalue weighted by Crippen LogP contribution is -2.29. The predicted octanol–water partition coefficient (Wildman–Crippen LogP) is 2.53. The van der Waals surface area contributed by atoms with Crippen LogP contribution in [0.25, 0.3) is 0 Å². The first kappa shape index (κ1) is 16.3. The fourth-order valence-electron chi connectivity index (χ4n) is 2.18. The van der Waals surface area contributed by atoms with Crippen LogP contribution in [0.1, 0.15) is 16.8 Å². The molecule has 0 aliphatic heterocycles. The second-order valence-electron chi connectivity index (χ2n) is 5.18. The lowest BCUT2D eigenvalue weighted by atomic mass is 10.1. The minimum atomic E-state index is -0.241. The van der Waals surface area contributed by atoms with E-state index in [1.54, 1.807) is 6.92 Å². The molecule has 0 saturated carbocycles. The zero-order valence-corrected chi connectivity index (χ0v) is 14.0. The van der Waals surface area contributed by atoms with Crippen LogP contribution < -0.4 is 10.9 Å². The number of thioether (sulfide) groups is 1. The van der Waals surface area contributed by atoms with Gasteiger partial charge in [0.05, 0.1) is 0 Å². The van der Waals surface area contributed by atoms with Crippen molar-refractivity contribution in [2.45, 2.75) is 32.5 Å². The van der Waals surface area contributed by atoms with Crippen molar-refractivity contribution >= 4 is 23.4 Å². The molecule has 0 spiro atoms. The van der Waals surface area contributed by atoms with Crippen LogP contribution in [0.15, 0.2) is 34.2 Å². The van der Waals surface area contributed by atoms with Crippen molar-refractivity contribution < 1.29 is 4.79 Å².